The van der Waals surface area contributed by atoms with Crippen molar-refractivity contribution < 1.29 is 13.2 Å². The van der Waals surface area contributed by atoms with Crippen molar-refractivity contribution >= 4 is 27.5 Å². The van der Waals surface area contributed by atoms with Crippen LogP contribution in [0.25, 0.3) is 0 Å². The summed E-state index contributed by atoms with van der Waals surface area (Å²) in [4.78, 5) is 33.2. The minimum absolute atomic E-state index is 0.0704. The van der Waals surface area contributed by atoms with Crippen LogP contribution in [0, 0.1) is 0 Å². The van der Waals surface area contributed by atoms with Gasteiger partial charge in [0.15, 0.2) is 15.0 Å². The molecule has 9 heteroatoms. The molecule has 2 fully saturated rings. The van der Waals surface area contributed by atoms with Crippen LogP contribution >= 0.6 is 11.8 Å². The number of nitrogens with one attached hydrogen (secondary N) is 1. The molecule has 0 unspecified atom stereocenters. The molecule has 1 amide bonds. The number of carbonyl (C=O) groups is 1. The molecular formula is C16H23N3O4S2. The average molecular weight is 386 g/mol. The molecule has 25 heavy (non-hydrogen) atoms. The number of hydrogen-bond acceptors (Lipinski definition) is 6. The molecule has 2 aliphatic rings. The molecule has 1 aliphatic heterocycles. The van der Waals surface area contributed by atoms with Crippen molar-refractivity contribution in [3.05, 3.63) is 22.1 Å². The lowest BCUT2D eigenvalue weighted by Crippen LogP contribution is -2.43. The summed E-state index contributed by atoms with van der Waals surface area (Å²) < 4.78 is 23.5. The van der Waals surface area contributed by atoms with Crippen molar-refractivity contribution in [1.29, 1.82) is 0 Å². The highest BCUT2D eigenvalue weighted by molar-refractivity contribution is 7.99. The van der Waals surface area contributed by atoms with Crippen molar-refractivity contribution in [3.8, 4) is 0 Å². The van der Waals surface area contributed by atoms with Crippen molar-refractivity contribution in [2.75, 3.05) is 17.3 Å². The van der Waals surface area contributed by atoms with E-state index in [1.54, 1.807) is 4.90 Å². The van der Waals surface area contributed by atoms with Gasteiger partial charge in [-0.2, -0.15) is 0 Å². The van der Waals surface area contributed by atoms with E-state index in [2.05, 4.69) is 9.97 Å². The Morgan fingerprint density at radius 2 is 2.12 bits per heavy atom. The van der Waals surface area contributed by atoms with Gasteiger partial charge in [0.2, 0.25) is 5.91 Å². The first-order valence-corrected chi connectivity index (χ1v) is 11.4. The second kappa shape index (κ2) is 7.49. The fourth-order valence-electron chi connectivity index (χ4n) is 3.19. The first-order chi connectivity index (χ1) is 11.9. The Morgan fingerprint density at radius 1 is 1.36 bits per heavy atom. The fraction of sp³-hybridized carbons (Fsp3) is 0.688. The van der Waals surface area contributed by atoms with Crippen LogP contribution in [0.5, 0.6) is 0 Å². The van der Waals surface area contributed by atoms with Crippen LogP contribution in [0.4, 0.5) is 0 Å². The standard InChI is InChI=1S/C16H23N3O4S2/c1-2-3-11-8-14(20)18-16(17-11)24-9-15(21)19(12-4-5-12)13-6-7-25(22,23)10-13/h8,12-13H,2-7,9-10H2,1H3,(H,17,18,20)/t13-/m0/s1. The molecule has 1 saturated carbocycles. The molecule has 0 radical (unpaired) electrons. The molecule has 0 bridgehead atoms. The van der Waals surface area contributed by atoms with E-state index in [0.29, 0.717) is 11.6 Å². The summed E-state index contributed by atoms with van der Waals surface area (Å²) in [5.74, 6) is 0.319. The van der Waals surface area contributed by atoms with Gasteiger partial charge >= 0.3 is 0 Å². The molecule has 1 saturated heterocycles. The lowest BCUT2D eigenvalue weighted by molar-refractivity contribution is -0.130. The van der Waals surface area contributed by atoms with E-state index in [0.717, 1.165) is 31.4 Å². The number of hydrogen-bond donors (Lipinski definition) is 1. The molecule has 2 heterocycles. The highest BCUT2D eigenvalue weighted by atomic mass is 32.2. The van der Waals surface area contributed by atoms with Crippen LogP contribution in [-0.2, 0) is 21.1 Å². The zero-order valence-electron chi connectivity index (χ0n) is 14.2. The minimum Gasteiger partial charge on any atom is -0.335 e. The zero-order valence-corrected chi connectivity index (χ0v) is 15.9. The van der Waals surface area contributed by atoms with Gasteiger partial charge in [0.1, 0.15) is 0 Å². The van der Waals surface area contributed by atoms with Gasteiger partial charge in [0.05, 0.1) is 17.3 Å². The number of nitrogens with zero attached hydrogens (tertiary/aromatic N) is 2. The molecular weight excluding hydrogens is 362 g/mol. The van der Waals surface area contributed by atoms with Gasteiger partial charge in [0.25, 0.3) is 5.56 Å². The summed E-state index contributed by atoms with van der Waals surface area (Å²) in [5, 5.41) is 0.444. The van der Waals surface area contributed by atoms with Crippen LogP contribution in [0.1, 0.15) is 38.3 Å². The van der Waals surface area contributed by atoms with Gasteiger partial charge in [0, 0.05) is 23.8 Å². The summed E-state index contributed by atoms with van der Waals surface area (Å²) in [7, 11) is -3.02. The van der Waals surface area contributed by atoms with E-state index in [1.165, 1.54) is 17.8 Å². The second-order valence-electron chi connectivity index (χ2n) is 6.67. The Bertz CT molecular complexity index is 802. The Labute approximate surface area is 151 Å². The molecule has 1 aromatic rings. The summed E-state index contributed by atoms with van der Waals surface area (Å²) in [6, 6.07) is 1.45. The van der Waals surface area contributed by atoms with E-state index in [9.17, 15) is 18.0 Å². The van der Waals surface area contributed by atoms with E-state index in [-0.39, 0.29) is 40.8 Å². The summed E-state index contributed by atoms with van der Waals surface area (Å²) >= 11 is 1.21. The number of aromatic nitrogens is 2. The minimum atomic E-state index is -3.02. The lowest BCUT2D eigenvalue weighted by Gasteiger charge is -2.28. The number of aryl methyl sites for hydroxylation is 1. The van der Waals surface area contributed by atoms with E-state index < -0.39 is 9.84 Å². The zero-order chi connectivity index (χ0) is 18.0. The third-order valence-electron chi connectivity index (χ3n) is 4.44. The molecule has 7 nitrogen and oxygen atoms in total. The second-order valence-corrected chi connectivity index (χ2v) is 9.86. The number of carbonyl (C=O) groups excluding carboxylic acids is 1. The predicted molar refractivity (Wildman–Crippen MR) is 96.5 cm³/mol. The maximum Gasteiger partial charge on any atom is 0.251 e. The Hall–Kier alpha value is -1.35. The van der Waals surface area contributed by atoms with E-state index in [1.807, 2.05) is 6.92 Å². The number of rotatable bonds is 7. The summed E-state index contributed by atoms with van der Waals surface area (Å²) in [6.07, 6.45) is 4.02. The summed E-state index contributed by atoms with van der Waals surface area (Å²) in [6.45, 7) is 2.02. The lowest BCUT2D eigenvalue weighted by atomic mass is 10.2. The number of aromatic amines is 1. The third-order valence-corrected chi connectivity index (χ3v) is 7.05. The number of amides is 1. The normalized spacial score (nSPS) is 22.0. The van der Waals surface area contributed by atoms with Gasteiger partial charge in [-0.1, -0.05) is 25.1 Å². The Morgan fingerprint density at radius 3 is 2.72 bits per heavy atom. The largest absolute Gasteiger partial charge is 0.335 e. The molecule has 1 aromatic heterocycles. The maximum absolute atomic E-state index is 12.7. The molecule has 1 aliphatic carbocycles. The van der Waals surface area contributed by atoms with Crippen LogP contribution < -0.4 is 5.56 Å². The third kappa shape index (κ3) is 4.84. The highest BCUT2D eigenvalue weighted by Gasteiger charge is 2.41. The summed E-state index contributed by atoms with van der Waals surface area (Å²) in [5.41, 5.74) is 0.511. The highest BCUT2D eigenvalue weighted by Crippen LogP contribution is 2.33. The number of thioether (sulfide) groups is 1. The Kier molecular flexibility index (Phi) is 5.52. The van der Waals surface area contributed by atoms with Crippen molar-refractivity contribution in [3.63, 3.8) is 0 Å². The first kappa shape index (κ1) is 18.4. The first-order valence-electron chi connectivity index (χ1n) is 8.62. The maximum atomic E-state index is 12.7. The molecule has 0 aromatic carbocycles. The van der Waals surface area contributed by atoms with Crippen LogP contribution in [-0.4, -0.2) is 58.5 Å². The quantitative estimate of drug-likeness (QED) is 0.555. The molecule has 3 rings (SSSR count). The van der Waals surface area contributed by atoms with Crippen molar-refractivity contribution in [2.24, 2.45) is 0 Å². The SMILES string of the molecule is CCCc1cc(=O)[nH]c(SCC(=O)N(C2CC2)[C@H]2CCS(=O)(=O)C2)n1. The topological polar surface area (TPSA) is 100 Å². The molecule has 1 N–H and O–H groups in total. The van der Waals surface area contributed by atoms with Gasteiger partial charge in [-0.25, -0.2) is 13.4 Å². The monoisotopic (exact) mass is 385 g/mol. The van der Waals surface area contributed by atoms with Gasteiger partial charge in [-0.15, -0.1) is 0 Å². The average Bonchev–Trinajstić information content (AvgIpc) is 3.29. The molecule has 138 valence electrons. The van der Waals surface area contributed by atoms with Gasteiger partial charge in [-0.05, 0) is 25.7 Å². The molecule has 1 atom stereocenters. The molecule has 0 spiro atoms. The van der Waals surface area contributed by atoms with Crippen LogP contribution in [0.3, 0.4) is 0 Å². The predicted octanol–water partition coefficient (Wildman–Crippen LogP) is 0.993. The number of H-pyrrole nitrogens is 1. The van der Waals surface area contributed by atoms with Gasteiger partial charge < -0.3 is 9.88 Å². The van der Waals surface area contributed by atoms with Crippen molar-refractivity contribution in [2.45, 2.75) is 56.3 Å². The van der Waals surface area contributed by atoms with Crippen LogP contribution in [0.2, 0.25) is 0 Å². The van der Waals surface area contributed by atoms with Gasteiger partial charge in [-0.3, -0.25) is 9.59 Å². The van der Waals surface area contributed by atoms with Crippen LogP contribution in [0.15, 0.2) is 16.0 Å². The van der Waals surface area contributed by atoms with Crippen molar-refractivity contribution in [1.82, 2.24) is 14.9 Å². The fourth-order valence-corrected chi connectivity index (χ4v) is 5.67. The van der Waals surface area contributed by atoms with E-state index >= 15 is 0 Å². The smallest absolute Gasteiger partial charge is 0.251 e. The van der Waals surface area contributed by atoms with E-state index in [4.69, 9.17) is 0 Å². The Balaban J connectivity index is 1.65. The number of sulfone groups is 1.